The Bertz CT molecular complexity index is 898. The molecule has 26 heavy (non-hydrogen) atoms. The molecule has 3 aromatic rings. The van der Waals surface area contributed by atoms with Crippen molar-refractivity contribution in [2.45, 2.75) is 17.0 Å². The van der Waals surface area contributed by atoms with Crippen molar-refractivity contribution in [2.24, 2.45) is 0 Å². The Hall–Kier alpha value is -2.58. The predicted molar refractivity (Wildman–Crippen MR) is 106 cm³/mol. The SMILES string of the molecule is COc1cccc(CSc2nnc(Nc3cccc(NC(C)=O)c3)s2)c1. The van der Waals surface area contributed by atoms with Crippen molar-refractivity contribution in [1.82, 2.24) is 10.2 Å². The molecular weight excluding hydrogens is 368 g/mol. The predicted octanol–water partition coefficient (Wildman–Crippen LogP) is 4.54. The van der Waals surface area contributed by atoms with Crippen molar-refractivity contribution in [1.29, 1.82) is 0 Å². The van der Waals surface area contributed by atoms with Gasteiger partial charge >= 0.3 is 0 Å². The van der Waals surface area contributed by atoms with E-state index >= 15 is 0 Å². The molecule has 0 saturated heterocycles. The van der Waals surface area contributed by atoms with Crippen LogP contribution in [0.2, 0.25) is 0 Å². The van der Waals surface area contributed by atoms with Gasteiger partial charge < -0.3 is 15.4 Å². The highest BCUT2D eigenvalue weighted by atomic mass is 32.2. The lowest BCUT2D eigenvalue weighted by Crippen LogP contribution is -2.05. The highest BCUT2D eigenvalue weighted by Crippen LogP contribution is 2.31. The third kappa shape index (κ3) is 5.21. The molecule has 0 atom stereocenters. The van der Waals surface area contributed by atoms with Crippen molar-refractivity contribution < 1.29 is 9.53 Å². The first-order valence-electron chi connectivity index (χ1n) is 7.86. The zero-order valence-corrected chi connectivity index (χ0v) is 16.0. The Labute approximate surface area is 160 Å². The first-order chi connectivity index (χ1) is 12.6. The molecule has 0 aliphatic carbocycles. The smallest absolute Gasteiger partial charge is 0.221 e. The van der Waals surface area contributed by atoms with E-state index in [1.165, 1.54) is 23.8 Å². The number of hydrogen-bond donors (Lipinski definition) is 2. The molecule has 0 aliphatic rings. The first kappa shape index (κ1) is 18.2. The van der Waals surface area contributed by atoms with Gasteiger partial charge in [0, 0.05) is 24.1 Å². The fourth-order valence-corrected chi connectivity index (χ4v) is 3.94. The van der Waals surface area contributed by atoms with Crippen LogP contribution in [0, 0.1) is 0 Å². The van der Waals surface area contributed by atoms with Crippen LogP contribution in [0.1, 0.15) is 12.5 Å². The number of carbonyl (C=O) groups is 1. The summed E-state index contributed by atoms with van der Waals surface area (Å²) >= 11 is 3.12. The number of anilines is 3. The fourth-order valence-electron chi connectivity index (χ4n) is 2.23. The standard InChI is InChI=1S/C18H18N4O2S2/c1-12(23)19-14-6-4-7-15(10-14)20-17-21-22-18(26-17)25-11-13-5-3-8-16(9-13)24-2/h3-10H,11H2,1-2H3,(H,19,23)(H,20,21). The number of nitrogens with zero attached hydrogens (tertiary/aromatic N) is 2. The van der Waals surface area contributed by atoms with E-state index in [9.17, 15) is 4.79 Å². The van der Waals surface area contributed by atoms with Crippen molar-refractivity contribution >= 4 is 45.5 Å². The molecule has 0 bridgehead atoms. The van der Waals surface area contributed by atoms with E-state index < -0.39 is 0 Å². The van der Waals surface area contributed by atoms with E-state index in [1.54, 1.807) is 18.9 Å². The molecular formula is C18H18N4O2S2. The highest BCUT2D eigenvalue weighted by molar-refractivity contribution is 8.00. The summed E-state index contributed by atoms with van der Waals surface area (Å²) in [4.78, 5) is 11.2. The Morgan fingerprint density at radius 2 is 1.96 bits per heavy atom. The topological polar surface area (TPSA) is 76.1 Å². The number of methoxy groups -OCH3 is 1. The molecule has 0 aliphatic heterocycles. The highest BCUT2D eigenvalue weighted by Gasteiger charge is 2.07. The zero-order chi connectivity index (χ0) is 18.4. The fraction of sp³-hybridized carbons (Fsp3) is 0.167. The second-order valence-electron chi connectivity index (χ2n) is 5.40. The molecule has 3 rings (SSSR count). The average molecular weight is 387 g/mol. The van der Waals surface area contributed by atoms with Crippen LogP contribution in [-0.2, 0) is 10.5 Å². The van der Waals surface area contributed by atoms with Crippen LogP contribution in [0.3, 0.4) is 0 Å². The van der Waals surface area contributed by atoms with Gasteiger partial charge in [0.25, 0.3) is 0 Å². The van der Waals surface area contributed by atoms with Crippen LogP contribution in [0.25, 0.3) is 0 Å². The molecule has 0 fully saturated rings. The molecule has 0 unspecified atom stereocenters. The molecule has 1 amide bonds. The Kier molecular flexibility index (Phi) is 6.08. The van der Waals surface area contributed by atoms with Gasteiger partial charge in [0.2, 0.25) is 11.0 Å². The van der Waals surface area contributed by atoms with E-state index in [1.807, 2.05) is 42.5 Å². The van der Waals surface area contributed by atoms with E-state index in [0.717, 1.165) is 27.2 Å². The minimum Gasteiger partial charge on any atom is -0.497 e. The molecule has 0 radical (unpaired) electrons. The number of amides is 1. The van der Waals surface area contributed by atoms with Gasteiger partial charge in [0.1, 0.15) is 5.75 Å². The quantitative estimate of drug-likeness (QED) is 0.581. The van der Waals surface area contributed by atoms with E-state index in [4.69, 9.17) is 4.74 Å². The van der Waals surface area contributed by atoms with Crippen LogP contribution < -0.4 is 15.4 Å². The summed E-state index contributed by atoms with van der Waals surface area (Å²) in [5.41, 5.74) is 2.75. The van der Waals surface area contributed by atoms with Gasteiger partial charge in [0.05, 0.1) is 7.11 Å². The van der Waals surface area contributed by atoms with Gasteiger partial charge in [-0.25, -0.2) is 0 Å². The Morgan fingerprint density at radius 3 is 2.77 bits per heavy atom. The van der Waals surface area contributed by atoms with Crippen LogP contribution in [-0.4, -0.2) is 23.2 Å². The normalized spacial score (nSPS) is 10.4. The minimum absolute atomic E-state index is 0.103. The summed E-state index contributed by atoms with van der Waals surface area (Å²) in [6, 6.07) is 15.4. The van der Waals surface area contributed by atoms with Crippen LogP contribution >= 0.6 is 23.1 Å². The number of hydrogen-bond acceptors (Lipinski definition) is 7. The maximum absolute atomic E-state index is 11.2. The molecule has 6 nitrogen and oxygen atoms in total. The molecule has 2 N–H and O–H groups in total. The van der Waals surface area contributed by atoms with Gasteiger partial charge in [-0.15, -0.1) is 10.2 Å². The van der Waals surface area contributed by atoms with Crippen molar-refractivity contribution in [2.75, 3.05) is 17.7 Å². The van der Waals surface area contributed by atoms with Crippen molar-refractivity contribution in [3.63, 3.8) is 0 Å². The largest absolute Gasteiger partial charge is 0.497 e. The lowest BCUT2D eigenvalue weighted by Gasteiger charge is -2.05. The molecule has 0 spiro atoms. The third-order valence-corrected chi connectivity index (χ3v) is 5.38. The van der Waals surface area contributed by atoms with Crippen molar-refractivity contribution in [3.05, 3.63) is 54.1 Å². The van der Waals surface area contributed by atoms with E-state index in [0.29, 0.717) is 5.13 Å². The monoisotopic (exact) mass is 386 g/mol. The lowest BCUT2D eigenvalue weighted by molar-refractivity contribution is -0.114. The molecule has 134 valence electrons. The van der Waals surface area contributed by atoms with Crippen molar-refractivity contribution in [3.8, 4) is 5.75 Å². The number of rotatable bonds is 7. The van der Waals surface area contributed by atoms with Crippen LogP contribution in [0.5, 0.6) is 5.75 Å². The summed E-state index contributed by atoms with van der Waals surface area (Å²) in [7, 11) is 1.66. The second-order valence-corrected chi connectivity index (χ2v) is 7.60. The third-order valence-electron chi connectivity index (χ3n) is 3.34. The summed E-state index contributed by atoms with van der Waals surface area (Å²) in [5.74, 6) is 1.54. The molecule has 1 aromatic heterocycles. The van der Waals surface area contributed by atoms with Gasteiger partial charge in [-0.3, -0.25) is 4.79 Å². The molecule has 1 heterocycles. The minimum atomic E-state index is -0.103. The number of nitrogens with one attached hydrogen (secondary N) is 2. The zero-order valence-electron chi connectivity index (χ0n) is 14.4. The number of thioether (sulfide) groups is 1. The number of benzene rings is 2. The lowest BCUT2D eigenvalue weighted by atomic mass is 10.2. The maximum Gasteiger partial charge on any atom is 0.221 e. The first-order valence-corrected chi connectivity index (χ1v) is 9.66. The summed E-state index contributed by atoms with van der Waals surface area (Å²) < 4.78 is 6.12. The van der Waals surface area contributed by atoms with Gasteiger partial charge in [-0.1, -0.05) is 41.3 Å². The Morgan fingerprint density at radius 1 is 1.15 bits per heavy atom. The summed E-state index contributed by atoms with van der Waals surface area (Å²) in [6.07, 6.45) is 0. The van der Waals surface area contributed by atoms with E-state index in [-0.39, 0.29) is 5.91 Å². The summed E-state index contributed by atoms with van der Waals surface area (Å²) in [5, 5.41) is 15.1. The van der Waals surface area contributed by atoms with Gasteiger partial charge in [0.15, 0.2) is 4.34 Å². The average Bonchev–Trinajstić information content (AvgIpc) is 3.07. The number of aromatic nitrogens is 2. The number of ether oxygens (including phenoxy) is 1. The second kappa shape index (κ2) is 8.68. The van der Waals surface area contributed by atoms with E-state index in [2.05, 4.69) is 26.9 Å². The van der Waals surface area contributed by atoms with Gasteiger partial charge in [-0.2, -0.15) is 0 Å². The molecule has 8 heteroatoms. The van der Waals surface area contributed by atoms with Crippen LogP contribution in [0.4, 0.5) is 16.5 Å². The summed E-state index contributed by atoms with van der Waals surface area (Å²) in [6.45, 7) is 1.48. The van der Waals surface area contributed by atoms with Crippen LogP contribution in [0.15, 0.2) is 52.9 Å². The van der Waals surface area contributed by atoms with Gasteiger partial charge in [-0.05, 0) is 35.9 Å². The molecule has 2 aromatic carbocycles. The number of carbonyl (C=O) groups excluding carboxylic acids is 1. The Balaban J connectivity index is 1.60. The maximum atomic E-state index is 11.2. The molecule has 0 saturated carbocycles.